The van der Waals surface area contributed by atoms with E-state index in [-0.39, 0.29) is 28.9 Å². The summed E-state index contributed by atoms with van der Waals surface area (Å²) in [6, 6.07) is 4.88. The van der Waals surface area contributed by atoms with Crippen LogP contribution in [0.25, 0.3) is 11.3 Å². The van der Waals surface area contributed by atoms with Crippen molar-refractivity contribution in [2.45, 2.75) is 38.9 Å². The number of ether oxygens (including phenoxy) is 1. The van der Waals surface area contributed by atoms with Crippen molar-refractivity contribution in [3.63, 3.8) is 0 Å². The van der Waals surface area contributed by atoms with Crippen LogP contribution in [0.3, 0.4) is 0 Å². The highest BCUT2D eigenvalue weighted by molar-refractivity contribution is 6.29. The molecule has 1 unspecified atom stereocenters. The van der Waals surface area contributed by atoms with Gasteiger partial charge < -0.3 is 15.2 Å². The van der Waals surface area contributed by atoms with E-state index in [1.165, 1.54) is 18.2 Å². The minimum atomic E-state index is -4.68. The monoisotopic (exact) mass is 431 g/mol. The molecule has 2 aromatic rings. The third-order valence-electron chi connectivity index (χ3n) is 4.03. The Hall–Kier alpha value is -2.55. The molecule has 0 spiro atoms. The third kappa shape index (κ3) is 6.49. The number of hydrogen-bond donors (Lipinski definition) is 2. The van der Waals surface area contributed by atoms with Gasteiger partial charge in [0.2, 0.25) is 0 Å². The molecule has 0 aliphatic carbocycles. The zero-order valence-electron chi connectivity index (χ0n) is 16.0. The van der Waals surface area contributed by atoms with E-state index < -0.39 is 29.1 Å². The molecule has 10 heteroatoms. The lowest BCUT2D eigenvalue weighted by atomic mass is 9.91. The number of carbonyl (C=O) groups is 1. The van der Waals surface area contributed by atoms with E-state index in [1.807, 2.05) is 13.8 Å². The molecule has 0 bridgehead atoms. The van der Waals surface area contributed by atoms with E-state index in [4.69, 9.17) is 21.4 Å². The summed E-state index contributed by atoms with van der Waals surface area (Å²) in [6.45, 7) is 5.08. The van der Waals surface area contributed by atoms with Crippen LogP contribution in [0.5, 0.6) is 5.75 Å². The number of amides is 1. The predicted molar refractivity (Wildman–Crippen MR) is 102 cm³/mol. The van der Waals surface area contributed by atoms with Crippen LogP contribution in [-0.4, -0.2) is 33.3 Å². The van der Waals surface area contributed by atoms with Crippen molar-refractivity contribution in [2.24, 2.45) is 5.92 Å². The van der Waals surface area contributed by atoms with Crippen molar-refractivity contribution in [1.29, 1.82) is 0 Å². The van der Waals surface area contributed by atoms with Crippen LogP contribution in [0.4, 0.5) is 18.0 Å². The smallest absolute Gasteiger partial charge is 0.419 e. The van der Waals surface area contributed by atoms with Gasteiger partial charge in [-0.2, -0.15) is 13.2 Å². The fourth-order valence-electron chi connectivity index (χ4n) is 3.07. The summed E-state index contributed by atoms with van der Waals surface area (Å²) in [5.74, 6) is -0.300. The minimum Gasteiger partial charge on any atom is -0.491 e. The van der Waals surface area contributed by atoms with Crippen LogP contribution in [0, 0.1) is 5.92 Å². The van der Waals surface area contributed by atoms with Gasteiger partial charge in [0.1, 0.15) is 23.8 Å². The minimum absolute atomic E-state index is 0.0995. The molecule has 1 amide bonds. The Morgan fingerprint density at radius 3 is 2.52 bits per heavy atom. The molecule has 0 saturated carbocycles. The Morgan fingerprint density at radius 1 is 1.28 bits per heavy atom. The summed E-state index contributed by atoms with van der Waals surface area (Å²) < 4.78 is 46.3. The number of halogens is 4. The summed E-state index contributed by atoms with van der Waals surface area (Å²) in [5.41, 5.74) is -1.62. The summed E-state index contributed by atoms with van der Waals surface area (Å²) >= 11 is 5.79. The molecular formula is C19H21ClF3N3O3. The van der Waals surface area contributed by atoms with Crippen molar-refractivity contribution in [3.8, 4) is 17.0 Å². The molecule has 0 aliphatic rings. The first-order valence-electron chi connectivity index (χ1n) is 8.73. The summed E-state index contributed by atoms with van der Waals surface area (Å²) in [4.78, 5) is 18.7. The Morgan fingerprint density at radius 2 is 1.97 bits per heavy atom. The van der Waals surface area contributed by atoms with Crippen LogP contribution in [0.1, 0.15) is 32.8 Å². The fourth-order valence-corrected chi connectivity index (χ4v) is 3.22. The molecular weight excluding hydrogens is 411 g/mol. The second-order valence-corrected chi connectivity index (χ2v) is 7.70. The maximum Gasteiger partial charge on any atom is 0.419 e. The lowest BCUT2D eigenvalue weighted by molar-refractivity contribution is -0.139. The normalized spacial score (nSPS) is 13.8. The zero-order chi connectivity index (χ0) is 21.8. The Labute approximate surface area is 171 Å². The molecule has 0 radical (unpaired) electrons. The number of alkyl halides is 3. The standard InChI is InChI=1S/C19H21ClF3N3O3/c1-11(2)8-18(3,26-17(27)28)9-29-15-5-4-12(6-13(15)19(21,22)23)14-7-16(20)25-10-24-14/h4-7,10-11,26H,8-9H2,1-3H3,(H,27,28). The van der Waals surface area contributed by atoms with Gasteiger partial charge in [-0.1, -0.05) is 25.4 Å². The van der Waals surface area contributed by atoms with Crippen molar-refractivity contribution < 1.29 is 27.8 Å². The maximum absolute atomic E-state index is 13.6. The van der Waals surface area contributed by atoms with Crippen LogP contribution in [-0.2, 0) is 6.18 Å². The van der Waals surface area contributed by atoms with E-state index in [2.05, 4.69) is 15.3 Å². The van der Waals surface area contributed by atoms with E-state index in [0.29, 0.717) is 6.42 Å². The molecule has 1 atom stereocenters. The highest BCUT2D eigenvalue weighted by atomic mass is 35.5. The number of rotatable bonds is 7. The molecule has 158 valence electrons. The van der Waals surface area contributed by atoms with Crippen LogP contribution in [0.2, 0.25) is 5.15 Å². The van der Waals surface area contributed by atoms with Gasteiger partial charge in [0.15, 0.2) is 0 Å². The predicted octanol–water partition coefficient (Wildman–Crippen LogP) is 5.27. The molecule has 1 aromatic carbocycles. The quantitative estimate of drug-likeness (QED) is 0.583. The van der Waals surface area contributed by atoms with Gasteiger partial charge in [0, 0.05) is 11.6 Å². The summed E-state index contributed by atoms with van der Waals surface area (Å²) in [7, 11) is 0. The lowest BCUT2D eigenvalue weighted by Crippen LogP contribution is -2.50. The molecule has 0 saturated heterocycles. The van der Waals surface area contributed by atoms with E-state index in [0.717, 1.165) is 12.4 Å². The Kier molecular flexibility index (Phi) is 6.94. The molecule has 2 N–H and O–H groups in total. The average Bonchev–Trinajstić information content (AvgIpc) is 2.57. The second kappa shape index (κ2) is 8.86. The Bertz CT molecular complexity index is 877. The zero-order valence-corrected chi connectivity index (χ0v) is 16.8. The topological polar surface area (TPSA) is 84.3 Å². The summed E-state index contributed by atoms with van der Waals surface area (Å²) in [5, 5.41) is 11.5. The number of hydrogen-bond acceptors (Lipinski definition) is 4. The first-order valence-corrected chi connectivity index (χ1v) is 9.10. The van der Waals surface area contributed by atoms with Crippen LogP contribution >= 0.6 is 11.6 Å². The van der Waals surface area contributed by atoms with Gasteiger partial charge in [-0.15, -0.1) is 0 Å². The van der Waals surface area contributed by atoms with Crippen molar-refractivity contribution in [2.75, 3.05) is 6.61 Å². The van der Waals surface area contributed by atoms with Crippen molar-refractivity contribution in [1.82, 2.24) is 15.3 Å². The average molecular weight is 432 g/mol. The number of nitrogens with zero attached hydrogens (tertiary/aromatic N) is 2. The molecule has 2 rings (SSSR count). The van der Waals surface area contributed by atoms with Gasteiger partial charge >= 0.3 is 12.3 Å². The fraction of sp³-hybridized carbons (Fsp3) is 0.421. The first-order chi connectivity index (χ1) is 13.4. The van der Waals surface area contributed by atoms with Gasteiger partial charge in [-0.25, -0.2) is 14.8 Å². The molecule has 1 heterocycles. The number of nitrogens with one attached hydrogen (secondary N) is 1. The number of carboxylic acid groups (broad SMARTS) is 1. The van der Waals surface area contributed by atoms with E-state index in [1.54, 1.807) is 6.92 Å². The summed E-state index contributed by atoms with van der Waals surface area (Å²) in [6.07, 6.45) is -4.41. The number of benzene rings is 1. The van der Waals surface area contributed by atoms with E-state index in [9.17, 15) is 18.0 Å². The van der Waals surface area contributed by atoms with Gasteiger partial charge in [0.25, 0.3) is 0 Å². The SMILES string of the molecule is CC(C)CC(C)(COc1ccc(-c2cc(Cl)ncn2)cc1C(F)(F)F)NC(=O)O. The largest absolute Gasteiger partial charge is 0.491 e. The van der Waals surface area contributed by atoms with Gasteiger partial charge in [-0.05, 0) is 37.5 Å². The third-order valence-corrected chi connectivity index (χ3v) is 4.23. The highest BCUT2D eigenvalue weighted by Gasteiger charge is 2.36. The maximum atomic E-state index is 13.6. The lowest BCUT2D eigenvalue weighted by Gasteiger charge is -2.31. The van der Waals surface area contributed by atoms with Gasteiger partial charge in [0.05, 0.1) is 16.8 Å². The van der Waals surface area contributed by atoms with Gasteiger partial charge in [-0.3, -0.25) is 0 Å². The van der Waals surface area contributed by atoms with Crippen molar-refractivity contribution >= 4 is 17.7 Å². The van der Waals surface area contributed by atoms with Crippen LogP contribution in [0.15, 0.2) is 30.6 Å². The molecule has 0 aliphatic heterocycles. The Balaban J connectivity index is 2.35. The van der Waals surface area contributed by atoms with Crippen LogP contribution < -0.4 is 10.1 Å². The first kappa shape index (κ1) is 22.7. The molecule has 6 nitrogen and oxygen atoms in total. The number of aromatic nitrogens is 2. The molecule has 0 fully saturated rings. The van der Waals surface area contributed by atoms with Crippen molar-refractivity contribution in [3.05, 3.63) is 41.3 Å². The molecule has 29 heavy (non-hydrogen) atoms. The highest BCUT2D eigenvalue weighted by Crippen LogP contribution is 2.39. The van der Waals surface area contributed by atoms with E-state index >= 15 is 0 Å². The second-order valence-electron chi connectivity index (χ2n) is 7.31. The molecule has 1 aromatic heterocycles.